The minimum Gasteiger partial charge on any atom is -0.511 e. The van der Waals surface area contributed by atoms with Crippen molar-refractivity contribution in [2.75, 3.05) is 26.1 Å². The number of phenols is 1. The third-order valence-electron chi connectivity index (χ3n) is 8.38. The van der Waals surface area contributed by atoms with Crippen LogP contribution in [0.5, 0.6) is 11.5 Å². The number of aliphatic hydroxyl groups excluding tert-OH is 2. The molecule has 0 radical (unpaired) electrons. The maximum atomic E-state index is 14.0. The van der Waals surface area contributed by atoms with Gasteiger partial charge in [-0.15, -0.1) is 0 Å². The van der Waals surface area contributed by atoms with Crippen LogP contribution < -0.4 is 20.7 Å². The number of carbonyl (C=O) groups is 3. The van der Waals surface area contributed by atoms with Crippen LogP contribution in [0, 0.1) is 11.8 Å². The Balaban J connectivity index is 1.54. The number of nitrogens with one attached hydrogen (secondary N) is 1. The molecule has 0 heterocycles. The highest BCUT2D eigenvalue weighted by molar-refractivity contribution is 6.24. The van der Waals surface area contributed by atoms with Gasteiger partial charge in [0.15, 0.2) is 11.4 Å². The minimum absolute atomic E-state index is 0.00833. The summed E-state index contributed by atoms with van der Waals surface area (Å²) in [4.78, 5) is 40.8. The zero-order valence-corrected chi connectivity index (χ0v) is 23.0. The number of methoxy groups -OCH3 is 1. The molecule has 41 heavy (non-hydrogen) atoms. The Labute approximate surface area is 236 Å². The average molecular weight is 564 g/mol. The minimum atomic E-state index is -2.59. The molecule has 0 aromatic heterocycles. The van der Waals surface area contributed by atoms with Crippen LogP contribution in [0.3, 0.4) is 0 Å². The predicted octanol–water partition coefficient (Wildman–Crippen LogP) is 1.94. The first kappa shape index (κ1) is 28.2. The van der Waals surface area contributed by atoms with Gasteiger partial charge in [-0.05, 0) is 48.1 Å². The summed E-state index contributed by atoms with van der Waals surface area (Å²) in [5, 5.41) is 47.7. The maximum absolute atomic E-state index is 14.0. The van der Waals surface area contributed by atoms with E-state index in [1.807, 2.05) is 49.3 Å². The number of aromatic hydroxyl groups is 1. The molecule has 0 bridgehead atoms. The topological polar surface area (TPSA) is 183 Å². The molecular weight excluding hydrogens is 530 g/mol. The van der Waals surface area contributed by atoms with Crippen LogP contribution in [-0.2, 0) is 29.1 Å². The Morgan fingerprint density at radius 2 is 1.88 bits per heavy atom. The van der Waals surface area contributed by atoms with Crippen LogP contribution in [-0.4, -0.2) is 64.7 Å². The van der Waals surface area contributed by atoms with Gasteiger partial charge in [0.25, 0.3) is 5.91 Å². The van der Waals surface area contributed by atoms with Gasteiger partial charge in [-0.1, -0.05) is 12.1 Å². The highest BCUT2D eigenvalue weighted by Gasteiger charge is 2.59. The molecule has 0 unspecified atom stereocenters. The second-order valence-electron chi connectivity index (χ2n) is 11.0. The Kier molecular flexibility index (Phi) is 7.04. The summed E-state index contributed by atoms with van der Waals surface area (Å²) < 4.78 is 5.26. The summed E-state index contributed by atoms with van der Waals surface area (Å²) in [6, 6.07) is 9.33. The molecule has 11 heteroatoms. The van der Waals surface area contributed by atoms with Gasteiger partial charge in [-0.25, -0.2) is 0 Å². The SMILES string of the molecule is COc1cccc(CNCc2cc(N(C)C)c3c(c2O)C(=O)C2=C(O)[C@]4(O)C(=O)C(C(N)=O)=C(O)C[C@@H]4C[C@@H]2C3)c1. The fraction of sp³-hybridized carbons (Fsp3) is 0.367. The number of hydrogen-bond donors (Lipinski definition) is 6. The summed E-state index contributed by atoms with van der Waals surface area (Å²) in [5.74, 6) is -5.70. The van der Waals surface area contributed by atoms with Crippen LogP contribution in [0.4, 0.5) is 5.69 Å². The van der Waals surface area contributed by atoms with Crippen LogP contribution in [0.1, 0.15) is 39.9 Å². The van der Waals surface area contributed by atoms with E-state index in [1.165, 1.54) is 0 Å². The summed E-state index contributed by atoms with van der Waals surface area (Å²) in [5.41, 5.74) is 4.40. The van der Waals surface area contributed by atoms with Crippen molar-refractivity contribution < 1.29 is 39.5 Å². The monoisotopic (exact) mass is 563 g/mol. The van der Waals surface area contributed by atoms with Gasteiger partial charge in [0.05, 0.1) is 12.7 Å². The van der Waals surface area contributed by atoms with Crippen molar-refractivity contribution in [3.8, 4) is 11.5 Å². The number of hydrogen-bond acceptors (Lipinski definition) is 10. The van der Waals surface area contributed by atoms with E-state index in [0.717, 1.165) is 5.56 Å². The van der Waals surface area contributed by atoms with Crippen LogP contribution in [0.15, 0.2) is 53.0 Å². The number of benzene rings is 2. The molecule has 3 atom stereocenters. The number of fused-ring (bicyclic) bond motifs is 3. The van der Waals surface area contributed by atoms with E-state index in [4.69, 9.17) is 10.5 Å². The van der Waals surface area contributed by atoms with E-state index in [9.17, 15) is 34.8 Å². The van der Waals surface area contributed by atoms with Gasteiger partial charge in [-0.3, -0.25) is 14.4 Å². The number of primary amides is 1. The van der Waals surface area contributed by atoms with Gasteiger partial charge < -0.3 is 41.1 Å². The molecule has 0 fully saturated rings. The molecule has 216 valence electrons. The number of ether oxygens (including phenoxy) is 1. The molecule has 2 aromatic carbocycles. The number of rotatable bonds is 7. The third kappa shape index (κ3) is 4.41. The van der Waals surface area contributed by atoms with Gasteiger partial charge in [0.1, 0.15) is 28.6 Å². The molecule has 0 aliphatic heterocycles. The number of allylic oxidation sites excluding steroid dienone is 2. The standard InChI is InChI=1S/C30H33N3O8/c1-33(2)20-10-16(13-32-12-14-5-4-6-18(7-14)41-3)25(35)23-19(20)9-15-8-17-11-21(34)24(29(31)39)28(38)30(17,40)27(37)22(15)26(23)36/h4-7,10,15,17,32,34-35,37,40H,8-9,11-13H2,1-3H3,(H2,31,39)/t15-,17+,30+/m1/s1. The van der Waals surface area contributed by atoms with Gasteiger partial charge in [-0.2, -0.15) is 0 Å². The van der Waals surface area contributed by atoms with Crippen molar-refractivity contribution in [1.29, 1.82) is 0 Å². The highest BCUT2D eigenvalue weighted by atomic mass is 16.5. The maximum Gasteiger partial charge on any atom is 0.255 e. The Hall–Kier alpha value is -4.35. The smallest absolute Gasteiger partial charge is 0.255 e. The fourth-order valence-electron chi connectivity index (χ4n) is 6.38. The molecule has 0 saturated heterocycles. The Morgan fingerprint density at radius 1 is 1.15 bits per heavy atom. The first-order chi connectivity index (χ1) is 19.4. The molecule has 3 aliphatic rings. The van der Waals surface area contributed by atoms with E-state index in [2.05, 4.69) is 5.32 Å². The quantitative estimate of drug-likeness (QED) is 0.272. The number of aliphatic hydroxyl groups is 3. The lowest BCUT2D eigenvalue weighted by Crippen LogP contribution is -2.57. The van der Waals surface area contributed by atoms with E-state index >= 15 is 0 Å². The largest absolute Gasteiger partial charge is 0.511 e. The summed E-state index contributed by atoms with van der Waals surface area (Å²) in [7, 11) is 5.23. The van der Waals surface area contributed by atoms with Crippen molar-refractivity contribution in [2.45, 2.75) is 38.0 Å². The molecular formula is C30H33N3O8. The van der Waals surface area contributed by atoms with E-state index < -0.39 is 52.0 Å². The molecule has 5 rings (SSSR count). The number of nitrogens with zero attached hydrogens (tertiary/aromatic N) is 1. The number of nitrogens with two attached hydrogens (primary N) is 1. The summed E-state index contributed by atoms with van der Waals surface area (Å²) in [6.07, 6.45) is 0.0620. The summed E-state index contributed by atoms with van der Waals surface area (Å²) in [6.45, 7) is 0.682. The van der Waals surface area contributed by atoms with E-state index in [-0.39, 0.29) is 42.7 Å². The zero-order valence-electron chi connectivity index (χ0n) is 23.0. The van der Waals surface area contributed by atoms with Crippen molar-refractivity contribution >= 4 is 23.2 Å². The number of anilines is 1. The number of amides is 1. The summed E-state index contributed by atoms with van der Waals surface area (Å²) >= 11 is 0. The van der Waals surface area contributed by atoms with Gasteiger partial charge >= 0.3 is 0 Å². The first-order valence-electron chi connectivity index (χ1n) is 13.3. The van der Waals surface area contributed by atoms with Crippen LogP contribution >= 0.6 is 0 Å². The Bertz CT molecular complexity index is 1540. The lowest BCUT2D eigenvalue weighted by molar-refractivity contribution is -0.144. The second kappa shape index (κ2) is 10.2. The van der Waals surface area contributed by atoms with Crippen molar-refractivity contribution in [2.24, 2.45) is 17.6 Å². The zero-order chi connectivity index (χ0) is 29.8. The lowest BCUT2D eigenvalue weighted by Gasteiger charge is -2.46. The van der Waals surface area contributed by atoms with Crippen molar-refractivity contribution in [1.82, 2.24) is 5.32 Å². The van der Waals surface area contributed by atoms with Gasteiger partial charge in [0, 0.05) is 56.3 Å². The molecule has 0 spiro atoms. The molecule has 11 nitrogen and oxygen atoms in total. The second-order valence-corrected chi connectivity index (χ2v) is 11.0. The average Bonchev–Trinajstić information content (AvgIpc) is 2.91. The molecule has 1 amide bonds. The number of ketones is 2. The van der Waals surface area contributed by atoms with Crippen LogP contribution in [0.2, 0.25) is 0 Å². The number of carbonyl (C=O) groups excluding carboxylic acids is 3. The normalized spacial score (nSPS) is 23.6. The molecule has 0 saturated carbocycles. The lowest BCUT2D eigenvalue weighted by atomic mass is 9.60. The molecule has 2 aromatic rings. The van der Waals surface area contributed by atoms with Gasteiger partial charge in [0.2, 0.25) is 5.78 Å². The Morgan fingerprint density at radius 3 is 2.54 bits per heavy atom. The highest BCUT2D eigenvalue weighted by Crippen LogP contribution is 2.52. The van der Waals surface area contributed by atoms with E-state index in [0.29, 0.717) is 29.1 Å². The number of Topliss-reactive ketones (excluding diaryl/α,β-unsaturated/α-hetero) is 2. The third-order valence-corrected chi connectivity index (χ3v) is 8.38. The molecule has 7 N–H and O–H groups in total. The van der Waals surface area contributed by atoms with Crippen molar-refractivity contribution in [3.05, 3.63) is 75.3 Å². The predicted molar refractivity (Wildman–Crippen MR) is 149 cm³/mol. The molecule has 3 aliphatic carbocycles. The first-order valence-corrected chi connectivity index (χ1v) is 13.3. The number of phenolic OH excluding ortho intramolecular Hbond substituents is 1. The van der Waals surface area contributed by atoms with Crippen LogP contribution in [0.25, 0.3) is 0 Å². The van der Waals surface area contributed by atoms with E-state index in [1.54, 1.807) is 7.11 Å². The fourth-order valence-corrected chi connectivity index (χ4v) is 6.38. The van der Waals surface area contributed by atoms with Crippen molar-refractivity contribution in [3.63, 3.8) is 0 Å².